The molecule has 0 bridgehead atoms. The van der Waals surface area contributed by atoms with Gasteiger partial charge >= 0.3 is 0 Å². The molecular weight excluding hydrogens is 234 g/mol. The van der Waals surface area contributed by atoms with Gasteiger partial charge in [0, 0.05) is 26.2 Å². The normalized spacial score (nSPS) is 22.4. The van der Waals surface area contributed by atoms with Crippen molar-refractivity contribution in [2.45, 2.75) is 38.8 Å². The van der Waals surface area contributed by atoms with Gasteiger partial charge < -0.3 is 15.4 Å². The number of likely N-dealkylation sites (N-methyl/N-ethyl adjacent to an activating group) is 1. The zero-order chi connectivity index (χ0) is 12.7. The zero-order valence-corrected chi connectivity index (χ0v) is 12.0. The number of thiocarbonyl (C=S) groups is 1. The van der Waals surface area contributed by atoms with Crippen LogP contribution < -0.4 is 10.6 Å². The molecule has 1 aliphatic heterocycles. The lowest BCUT2D eigenvalue weighted by atomic mass is 10.2. The largest absolute Gasteiger partial charge is 0.380 e. The molecule has 0 aromatic carbocycles. The number of likely N-dealkylation sites (tertiary alicyclic amines) is 1. The van der Waals surface area contributed by atoms with Crippen LogP contribution >= 0.6 is 12.2 Å². The third kappa shape index (κ3) is 5.19. The molecule has 0 saturated carbocycles. The van der Waals surface area contributed by atoms with Crippen molar-refractivity contribution >= 4 is 17.3 Å². The van der Waals surface area contributed by atoms with Crippen LogP contribution in [0.3, 0.4) is 0 Å². The van der Waals surface area contributed by atoms with Crippen molar-refractivity contribution in [3.8, 4) is 0 Å². The van der Waals surface area contributed by atoms with Gasteiger partial charge in [-0.05, 0) is 45.1 Å². The third-order valence-corrected chi connectivity index (χ3v) is 3.64. The first-order valence-electron chi connectivity index (χ1n) is 6.46. The Bertz CT molecular complexity index is 238. The maximum atomic E-state index is 5.23. The van der Waals surface area contributed by atoms with Gasteiger partial charge in [-0.25, -0.2) is 0 Å². The van der Waals surface area contributed by atoms with Gasteiger partial charge in [-0.3, -0.25) is 4.90 Å². The van der Waals surface area contributed by atoms with Crippen molar-refractivity contribution in [3.63, 3.8) is 0 Å². The standard InChI is InChI=1S/C12H25N3OS/c1-4-15-7-5-6-11(15)9-14-12(17)13-8-10(2)16-3/h10-11H,4-9H2,1-3H3,(H2,13,14,17). The summed E-state index contributed by atoms with van der Waals surface area (Å²) in [7, 11) is 1.71. The van der Waals surface area contributed by atoms with Gasteiger partial charge in [0.05, 0.1) is 6.10 Å². The van der Waals surface area contributed by atoms with Crippen molar-refractivity contribution in [2.24, 2.45) is 0 Å². The minimum absolute atomic E-state index is 0.188. The number of hydrogen-bond donors (Lipinski definition) is 2. The molecule has 100 valence electrons. The molecule has 1 fully saturated rings. The number of nitrogens with one attached hydrogen (secondary N) is 2. The molecule has 1 saturated heterocycles. The molecule has 4 nitrogen and oxygen atoms in total. The Morgan fingerprint density at radius 1 is 1.53 bits per heavy atom. The maximum Gasteiger partial charge on any atom is 0.166 e. The van der Waals surface area contributed by atoms with Crippen LogP contribution in [-0.2, 0) is 4.74 Å². The molecule has 2 unspecified atom stereocenters. The molecule has 2 N–H and O–H groups in total. The van der Waals surface area contributed by atoms with E-state index >= 15 is 0 Å². The summed E-state index contributed by atoms with van der Waals surface area (Å²) < 4.78 is 5.15. The number of methoxy groups -OCH3 is 1. The molecule has 0 aromatic heterocycles. The van der Waals surface area contributed by atoms with Crippen molar-refractivity contribution in [1.29, 1.82) is 0 Å². The summed E-state index contributed by atoms with van der Waals surface area (Å²) in [6, 6.07) is 0.639. The molecule has 1 heterocycles. The lowest BCUT2D eigenvalue weighted by Gasteiger charge is -2.24. The van der Waals surface area contributed by atoms with Gasteiger partial charge in [0.1, 0.15) is 0 Å². The minimum Gasteiger partial charge on any atom is -0.380 e. The molecule has 0 radical (unpaired) electrons. The first kappa shape index (κ1) is 14.7. The van der Waals surface area contributed by atoms with Crippen LogP contribution in [0, 0.1) is 0 Å². The van der Waals surface area contributed by atoms with Gasteiger partial charge in [-0.15, -0.1) is 0 Å². The van der Waals surface area contributed by atoms with E-state index in [4.69, 9.17) is 17.0 Å². The van der Waals surface area contributed by atoms with Crippen LogP contribution in [0.25, 0.3) is 0 Å². The van der Waals surface area contributed by atoms with E-state index in [1.54, 1.807) is 7.11 Å². The topological polar surface area (TPSA) is 36.5 Å². The Labute approximate surface area is 110 Å². The van der Waals surface area contributed by atoms with E-state index in [1.165, 1.54) is 19.4 Å². The number of hydrogen-bond acceptors (Lipinski definition) is 3. The van der Waals surface area contributed by atoms with Crippen molar-refractivity contribution < 1.29 is 4.74 Å². The van der Waals surface area contributed by atoms with Crippen LogP contribution in [0.15, 0.2) is 0 Å². The molecule has 1 aliphatic rings. The Morgan fingerprint density at radius 3 is 2.94 bits per heavy atom. The SMILES string of the molecule is CCN1CCCC1CNC(=S)NCC(C)OC. The van der Waals surface area contributed by atoms with E-state index in [0.717, 1.165) is 24.7 Å². The molecule has 17 heavy (non-hydrogen) atoms. The molecular formula is C12H25N3OS. The fourth-order valence-corrected chi connectivity index (χ4v) is 2.30. The van der Waals surface area contributed by atoms with Crippen molar-refractivity contribution in [2.75, 3.05) is 33.3 Å². The van der Waals surface area contributed by atoms with Crippen LogP contribution in [0.2, 0.25) is 0 Å². The molecule has 1 rings (SSSR count). The third-order valence-electron chi connectivity index (χ3n) is 3.36. The van der Waals surface area contributed by atoms with Gasteiger partial charge in [-0.1, -0.05) is 6.92 Å². The quantitative estimate of drug-likeness (QED) is 0.695. The second kappa shape index (κ2) is 7.84. The van der Waals surface area contributed by atoms with E-state index in [9.17, 15) is 0 Å². The van der Waals surface area contributed by atoms with E-state index in [-0.39, 0.29) is 6.10 Å². The monoisotopic (exact) mass is 259 g/mol. The zero-order valence-electron chi connectivity index (χ0n) is 11.2. The predicted octanol–water partition coefficient (Wildman–Crippen LogP) is 0.970. The van der Waals surface area contributed by atoms with Gasteiger partial charge in [0.2, 0.25) is 0 Å². The maximum absolute atomic E-state index is 5.23. The first-order chi connectivity index (χ1) is 8.17. The minimum atomic E-state index is 0.188. The van der Waals surface area contributed by atoms with Crippen LogP contribution in [0.5, 0.6) is 0 Å². The Kier molecular flexibility index (Phi) is 6.77. The molecule has 2 atom stereocenters. The van der Waals surface area contributed by atoms with E-state index in [0.29, 0.717) is 6.04 Å². The number of nitrogens with zero attached hydrogens (tertiary/aromatic N) is 1. The fraction of sp³-hybridized carbons (Fsp3) is 0.917. The number of ether oxygens (including phenoxy) is 1. The summed E-state index contributed by atoms with van der Waals surface area (Å²) >= 11 is 5.23. The van der Waals surface area contributed by atoms with E-state index in [2.05, 4.69) is 22.5 Å². The summed E-state index contributed by atoms with van der Waals surface area (Å²) in [6.07, 6.45) is 2.77. The summed E-state index contributed by atoms with van der Waals surface area (Å²) in [5.74, 6) is 0. The predicted molar refractivity (Wildman–Crippen MR) is 75.3 cm³/mol. The van der Waals surface area contributed by atoms with Gasteiger partial charge in [0.25, 0.3) is 0 Å². The summed E-state index contributed by atoms with van der Waals surface area (Å²) in [4.78, 5) is 2.51. The Hall–Kier alpha value is -0.390. The summed E-state index contributed by atoms with van der Waals surface area (Å²) in [5.41, 5.74) is 0. The molecule has 0 amide bonds. The van der Waals surface area contributed by atoms with Crippen molar-refractivity contribution in [3.05, 3.63) is 0 Å². The summed E-state index contributed by atoms with van der Waals surface area (Å²) in [6.45, 7) is 8.29. The van der Waals surface area contributed by atoms with E-state index < -0.39 is 0 Å². The summed E-state index contributed by atoms with van der Waals surface area (Å²) in [5, 5.41) is 7.19. The second-order valence-electron chi connectivity index (χ2n) is 4.56. The second-order valence-corrected chi connectivity index (χ2v) is 4.97. The van der Waals surface area contributed by atoms with Crippen LogP contribution in [-0.4, -0.2) is 55.4 Å². The Balaban J connectivity index is 2.15. The van der Waals surface area contributed by atoms with Crippen molar-refractivity contribution in [1.82, 2.24) is 15.5 Å². The molecule has 0 aromatic rings. The smallest absolute Gasteiger partial charge is 0.166 e. The highest BCUT2D eigenvalue weighted by Crippen LogP contribution is 2.15. The lowest BCUT2D eigenvalue weighted by molar-refractivity contribution is 0.121. The average Bonchev–Trinajstić information content (AvgIpc) is 2.80. The molecule has 5 heteroatoms. The lowest BCUT2D eigenvalue weighted by Crippen LogP contribution is -2.45. The highest BCUT2D eigenvalue weighted by Gasteiger charge is 2.22. The number of rotatable bonds is 6. The van der Waals surface area contributed by atoms with Gasteiger partial charge in [0.15, 0.2) is 5.11 Å². The fourth-order valence-electron chi connectivity index (χ4n) is 2.14. The molecule has 0 aliphatic carbocycles. The highest BCUT2D eigenvalue weighted by molar-refractivity contribution is 7.80. The van der Waals surface area contributed by atoms with Crippen LogP contribution in [0.4, 0.5) is 0 Å². The molecule has 0 spiro atoms. The average molecular weight is 259 g/mol. The Morgan fingerprint density at radius 2 is 2.29 bits per heavy atom. The first-order valence-corrected chi connectivity index (χ1v) is 6.86. The van der Waals surface area contributed by atoms with Crippen LogP contribution in [0.1, 0.15) is 26.7 Å². The van der Waals surface area contributed by atoms with E-state index in [1.807, 2.05) is 6.92 Å². The van der Waals surface area contributed by atoms with Gasteiger partial charge in [-0.2, -0.15) is 0 Å². The highest BCUT2D eigenvalue weighted by atomic mass is 32.1.